The summed E-state index contributed by atoms with van der Waals surface area (Å²) < 4.78 is 27.2. The lowest BCUT2D eigenvalue weighted by atomic mass is 9.95. The molecule has 0 bridgehead atoms. The van der Waals surface area contributed by atoms with Crippen LogP contribution in [0.25, 0.3) is 0 Å². The highest BCUT2D eigenvalue weighted by Gasteiger charge is 2.39. The molecule has 3 rings (SSSR count). The molecule has 4 nitrogen and oxygen atoms in total. The number of nitrogens with two attached hydrogens (primary N) is 1. The van der Waals surface area contributed by atoms with Gasteiger partial charge >= 0.3 is 0 Å². The zero-order valence-corrected chi connectivity index (χ0v) is 14.5. The van der Waals surface area contributed by atoms with Gasteiger partial charge in [-0.2, -0.15) is 4.31 Å². The molecule has 1 aliphatic rings. The fourth-order valence-corrected chi connectivity index (χ4v) is 5.49. The smallest absolute Gasteiger partial charge is 0.246 e. The summed E-state index contributed by atoms with van der Waals surface area (Å²) >= 11 is 12.1. The van der Waals surface area contributed by atoms with E-state index in [-0.39, 0.29) is 33.4 Å². The predicted octanol–water partition coefficient (Wildman–Crippen LogP) is 3.11. The maximum atomic E-state index is 12.9. The molecule has 0 radical (unpaired) electrons. The van der Waals surface area contributed by atoms with Crippen LogP contribution in [0.15, 0.2) is 53.4 Å². The molecule has 0 spiro atoms. The normalized spacial score (nSPS) is 22.4. The van der Waals surface area contributed by atoms with Gasteiger partial charge in [0.15, 0.2) is 0 Å². The molecular weight excluding hydrogens is 355 g/mol. The lowest BCUT2D eigenvalue weighted by Crippen LogP contribution is -2.32. The highest BCUT2D eigenvalue weighted by Crippen LogP contribution is 2.35. The zero-order chi connectivity index (χ0) is 16.6. The van der Waals surface area contributed by atoms with E-state index in [2.05, 4.69) is 0 Å². The van der Waals surface area contributed by atoms with E-state index in [1.165, 1.54) is 16.4 Å². The van der Waals surface area contributed by atoms with Gasteiger partial charge in [-0.05, 0) is 17.7 Å². The minimum atomic E-state index is -3.78. The van der Waals surface area contributed by atoms with Crippen molar-refractivity contribution in [1.29, 1.82) is 0 Å². The first-order valence-electron chi connectivity index (χ1n) is 7.16. The fourth-order valence-electron chi connectivity index (χ4n) is 2.90. The van der Waals surface area contributed by atoms with Crippen molar-refractivity contribution in [3.63, 3.8) is 0 Å². The molecule has 2 aromatic carbocycles. The lowest BCUT2D eigenvalue weighted by molar-refractivity contribution is 0.470. The quantitative estimate of drug-likeness (QED) is 0.902. The molecule has 2 N–H and O–H groups in total. The van der Waals surface area contributed by atoms with Crippen molar-refractivity contribution in [2.45, 2.75) is 16.9 Å². The van der Waals surface area contributed by atoms with Gasteiger partial charge < -0.3 is 5.73 Å². The van der Waals surface area contributed by atoms with Crippen LogP contribution in [0.3, 0.4) is 0 Å². The van der Waals surface area contributed by atoms with E-state index in [1.54, 1.807) is 6.07 Å². The summed E-state index contributed by atoms with van der Waals surface area (Å²) in [6, 6.07) is 14.1. The largest absolute Gasteiger partial charge is 0.326 e. The number of nitrogens with zero attached hydrogens (tertiary/aromatic N) is 1. The number of rotatable bonds is 3. The second kappa shape index (κ2) is 6.42. The van der Waals surface area contributed by atoms with Crippen molar-refractivity contribution in [2.75, 3.05) is 13.1 Å². The van der Waals surface area contributed by atoms with Crippen LogP contribution in [0.2, 0.25) is 10.0 Å². The standard InChI is InChI=1S/C16H16Cl2N2O2S/c17-13-7-4-8-14(18)16(13)23(21,22)20-9-12(15(19)10-20)11-5-2-1-3-6-11/h1-8,12,15H,9-10,19H2/t12-,15+/m0/s1. The fraction of sp³-hybridized carbons (Fsp3) is 0.250. The topological polar surface area (TPSA) is 63.4 Å². The SMILES string of the molecule is N[C@@H]1CN(S(=O)(=O)c2c(Cl)cccc2Cl)C[C@H]1c1ccccc1. The third kappa shape index (κ3) is 3.12. The second-order valence-electron chi connectivity index (χ2n) is 5.55. The maximum Gasteiger partial charge on any atom is 0.246 e. The Bertz CT molecular complexity index is 792. The average Bonchev–Trinajstić information content (AvgIpc) is 2.90. The molecule has 122 valence electrons. The monoisotopic (exact) mass is 370 g/mol. The number of benzene rings is 2. The molecule has 1 aliphatic heterocycles. The predicted molar refractivity (Wildman–Crippen MR) is 92.4 cm³/mol. The van der Waals surface area contributed by atoms with Gasteiger partial charge in [0, 0.05) is 25.0 Å². The Labute approximate surface area is 145 Å². The lowest BCUT2D eigenvalue weighted by Gasteiger charge is -2.18. The molecule has 1 saturated heterocycles. The summed E-state index contributed by atoms with van der Waals surface area (Å²) in [6.07, 6.45) is 0. The Morgan fingerprint density at radius 1 is 0.957 bits per heavy atom. The van der Waals surface area contributed by atoms with E-state index in [0.29, 0.717) is 6.54 Å². The molecule has 1 heterocycles. The van der Waals surface area contributed by atoms with E-state index in [9.17, 15) is 8.42 Å². The Balaban J connectivity index is 1.94. The number of sulfonamides is 1. The Hall–Kier alpha value is -1.11. The molecule has 23 heavy (non-hydrogen) atoms. The summed E-state index contributed by atoms with van der Waals surface area (Å²) in [5.74, 6) is -0.0489. The third-order valence-corrected chi connectivity index (χ3v) is 6.86. The molecule has 2 atom stereocenters. The van der Waals surface area contributed by atoms with Crippen molar-refractivity contribution in [2.24, 2.45) is 5.73 Å². The number of hydrogen-bond donors (Lipinski definition) is 1. The Kier molecular flexibility index (Phi) is 4.67. The summed E-state index contributed by atoms with van der Waals surface area (Å²) in [7, 11) is -3.78. The first kappa shape index (κ1) is 16.7. The molecule has 1 fully saturated rings. The molecule has 0 saturated carbocycles. The molecule has 0 aliphatic carbocycles. The van der Waals surface area contributed by atoms with Gasteiger partial charge in [0.1, 0.15) is 4.90 Å². The van der Waals surface area contributed by atoms with E-state index in [0.717, 1.165) is 5.56 Å². The van der Waals surface area contributed by atoms with Crippen LogP contribution in [-0.2, 0) is 10.0 Å². The van der Waals surface area contributed by atoms with Gasteiger partial charge in [0.25, 0.3) is 0 Å². The van der Waals surface area contributed by atoms with Gasteiger partial charge in [0.2, 0.25) is 10.0 Å². The van der Waals surface area contributed by atoms with Gasteiger partial charge in [-0.25, -0.2) is 8.42 Å². The van der Waals surface area contributed by atoms with E-state index >= 15 is 0 Å². The summed E-state index contributed by atoms with van der Waals surface area (Å²) in [5.41, 5.74) is 7.21. The summed E-state index contributed by atoms with van der Waals surface area (Å²) in [4.78, 5) is -0.0516. The van der Waals surface area contributed by atoms with Crippen LogP contribution in [0, 0.1) is 0 Å². The highest BCUT2D eigenvalue weighted by molar-refractivity contribution is 7.89. The van der Waals surface area contributed by atoms with Gasteiger partial charge in [0.05, 0.1) is 10.0 Å². The molecule has 0 aromatic heterocycles. The van der Waals surface area contributed by atoms with Gasteiger partial charge in [-0.1, -0.05) is 59.6 Å². The average molecular weight is 371 g/mol. The third-order valence-electron chi connectivity index (χ3n) is 4.08. The summed E-state index contributed by atoms with van der Waals surface area (Å²) in [6.45, 7) is 0.554. The van der Waals surface area contributed by atoms with Gasteiger partial charge in [-0.3, -0.25) is 0 Å². The first-order valence-corrected chi connectivity index (χ1v) is 9.35. The van der Waals surface area contributed by atoms with Crippen LogP contribution in [0.1, 0.15) is 11.5 Å². The van der Waals surface area contributed by atoms with E-state index in [1.807, 2.05) is 30.3 Å². The molecule has 2 aromatic rings. The van der Waals surface area contributed by atoms with Crippen molar-refractivity contribution >= 4 is 33.2 Å². The van der Waals surface area contributed by atoms with Crippen LogP contribution >= 0.6 is 23.2 Å². The number of halogens is 2. The molecular formula is C16H16Cl2N2O2S. The van der Waals surface area contributed by atoms with E-state index in [4.69, 9.17) is 28.9 Å². The number of hydrogen-bond acceptors (Lipinski definition) is 3. The van der Waals surface area contributed by atoms with Crippen LogP contribution < -0.4 is 5.73 Å². The zero-order valence-electron chi connectivity index (χ0n) is 12.2. The van der Waals surface area contributed by atoms with Crippen molar-refractivity contribution in [3.8, 4) is 0 Å². The highest BCUT2D eigenvalue weighted by atomic mass is 35.5. The summed E-state index contributed by atoms with van der Waals surface area (Å²) in [5, 5.41) is 0.239. The van der Waals surface area contributed by atoms with Crippen molar-refractivity contribution < 1.29 is 8.42 Å². The molecule has 0 amide bonds. The Morgan fingerprint density at radius 2 is 1.57 bits per heavy atom. The van der Waals surface area contributed by atoms with Crippen molar-refractivity contribution in [1.82, 2.24) is 4.31 Å². The minimum Gasteiger partial charge on any atom is -0.326 e. The molecule has 0 unspecified atom stereocenters. The maximum absolute atomic E-state index is 12.9. The first-order chi connectivity index (χ1) is 10.9. The van der Waals surface area contributed by atoms with E-state index < -0.39 is 10.0 Å². The second-order valence-corrected chi connectivity index (χ2v) is 8.24. The molecule has 7 heteroatoms. The van der Waals surface area contributed by atoms with Crippen molar-refractivity contribution in [3.05, 3.63) is 64.1 Å². The van der Waals surface area contributed by atoms with Crippen LogP contribution in [-0.4, -0.2) is 31.9 Å². The van der Waals surface area contributed by atoms with Crippen LogP contribution in [0.4, 0.5) is 0 Å². The Morgan fingerprint density at radius 3 is 2.17 bits per heavy atom. The minimum absolute atomic E-state index is 0.0489. The van der Waals surface area contributed by atoms with Crippen LogP contribution in [0.5, 0.6) is 0 Å². The van der Waals surface area contributed by atoms with Gasteiger partial charge in [-0.15, -0.1) is 0 Å².